The van der Waals surface area contributed by atoms with Crippen molar-refractivity contribution in [3.8, 4) is 0 Å². The Hall–Kier alpha value is -0.630. The van der Waals surface area contributed by atoms with Gasteiger partial charge in [0, 0.05) is 17.6 Å². The Morgan fingerprint density at radius 3 is 2.75 bits per heavy atom. The molecule has 0 spiro atoms. The van der Waals surface area contributed by atoms with Gasteiger partial charge in [-0.3, -0.25) is 4.79 Å². The molecule has 8 heteroatoms. The van der Waals surface area contributed by atoms with Crippen molar-refractivity contribution in [2.24, 2.45) is 11.7 Å². The number of hydrogen-bond donors (Lipinski definition) is 1. The molecule has 1 aliphatic rings. The van der Waals surface area contributed by atoms with Gasteiger partial charge in [-0.25, -0.2) is 8.42 Å². The van der Waals surface area contributed by atoms with Crippen LogP contribution in [0.1, 0.15) is 12.8 Å². The second-order valence-electron chi connectivity index (χ2n) is 4.68. The van der Waals surface area contributed by atoms with Gasteiger partial charge in [-0.05, 0) is 31.0 Å². The first kappa shape index (κ1) is 15.8. The fraction of sp³-hybridized carbons (Fsp3) is 0.417. The Morgan fingerprint density at radius 2 is 2.15 bits per heavy atom. The highest BCUT2D eigenvalue weighted by molar-refractivity contribution is 9.10. The third-order valence-corrected chi connectivity index (χ3v) is 6.14. The number of nitrogens with zero attached hydrogens (tertiary/aromatic N) is 1. The molecule has 5 nitrogen and oxygen atoms in total. The van der Waals surface area contributed by atoms with E-state index in [1.807, 2.05) is 0 Å². The fourth-order valence-electron chi connectivity index (χ4n) is 2.22. The minimum absolute atomic E-state index is 0.0486. The van der Waals surface area contributed by atoms with E-state index >= 15 is 0 Å². The molecule has 1 saturated heterocycles. The number of sulfonamides is 1. The Kier molecular flexibility index (Phi) is 4.73. The van der Waals surface area contributed by atoms with Crippen LogP contribution in [0.3, 0.4) is 0 Å². The van der Waals surface area contributed by atoms with Gasteiger partial charge in [-0.2, -0.15) is 4.31 Å². The molecule has 2 N–H and O–H groups in total. The van der Waals surface area contributed by atoms with Crippen LogP contribution in [0, 0.1) is 5.92 Å². The summed E-state index contributed by atoms with van der Waals surface area (Å²) in [6.07, 6.45) is 1.23. The number of piperidine rings is 1. The number of nitrogens with two attached hydrogens (primary N) is 1. The molecule has 0 aliphatic carbocycles. The zero-order valence-corrected chi connectivity index (χ0v) is 13.7. The number of hydrogen-bond acceptors (Lipinski definition) is 3. The molecule has 0 saturated carbocycles. The number of rotatable bonds is 3. The normalized spacial score (nSPS) is 20.8. The van der Waals surface area contributed by atoms with E-state index in [1.165, 1.54) is 16.4 Å². The summed E-state index contributed by atoms with van der Waals surface area (Å²) in [6, 6.07) is 4.61. The molecule has 110 valence electrons. The highest BCUT2D eigenvalue weighted by Gasteiger charge is 2.33. The molecule has 0 radical (unpaired) electrons. The summed E-state index contributed by atoms with van der Waals surface area (Å²) < 4.78 is 27.1. The highest BCUT2D eigenvalue weighted by Crippen LogP contribution is 2.30. The van der Waals surface area contributed by atoms with Crippen LogP contribution in [-0.2, 0) is 14.8 Å². The first-order valence-corrected chi connectivity index (χ1v) is 8.68. The highest BCUT2D eigenvalue weighted by atomic mass is 79.9. The molecule has 1 fully saturated rings. The van der Waals surface area contributed by atoms with Gasteiger partial charge in [-0.1, -0.05) is 27.5 Å². The van der Waals surface area contributed by atoms with Crippen LogP contribution in [0.15, 0.2) is 27.6 Å². The summed E-state index contributed by atoms with van der Waals surface area (Å²) in [5, 5.41) is 0.153. The summed E-state index contributed by atoms with van der Waals surface area (Å²) >= 11 is 9.24. The molecule has 0 bridgehead atoms. The Bertz CT molecular complexity index is 636. The van der Waals surface area contributed by atoms with E-state index < -0.39 is 21.8 Å². The SMILES string of the molecule is NC(=O)C1CCCN(S(=O)(=O)c2ccc(Br)cc2Cl)C1. The monoisotopic (exact) mass is 380 g/mol. The van der Waals surface area contributed by atoms with Crippen molar-refractivity contribution in [3.05, 3.63) is 27.7 Å². The Morgan fingerprint density at radius 1 is 1.45 bits per heavy atom. The van der Waals surface area contributed by atoms with Crippen molar-refractivity contribution < 1.29 is 13.2 Å². The number of primary amides is 1. The standard InChI is InChI=1S/C12H14BrClN2O3S/c13-9-3-4-11(10(14)6-9)20(18,19)16-5-1-2-8(7-16)12(15)17/h3-4,6,8H,1-2,5,7H2,(H2,15,17). The summed E-state index contributed by atoms with van der Waals surface area (Å²) in [4.78, 5) is 11.3. The van der Waals surface area contributed by atoms with Crippen LogP contribution < -0.4 is 5.73 Å². The fourth-order valence-corrected chi connectivity index (χ4v) is 4.75. The summed E-state index contributed by atoms with van der Waals surface area (Å²) in [7, 11) is -3.70. The van der Waals surface area contributed by atoms with Crippen molar-refractivity contribution in [2.75, 3.05) is 13.1 Å². The third kappa shape index (κ3) is 3.16. The van der Waals surface area contributed by atoms with E-state index in [0.29, 0.717) is 23.9 Å². The average Bonchev–Trinajstić information content (AvgIpc) is 2.38. The molecule has 1 heterocycles. The minimum Gasteiger partial charge on any atom is -0.369 e. The van der Waals surface area contributed by atoms with Crippen LogP contribution in [0.5, 0.6) is 0 Å². The van der Waals surface area contributed by atoms with Gasteiger partial charge < -0.3 is 5.73 Å². The first-order valence-electron chi connectivity index (χ1n) is 6.07. The number of carbonyl (C=O) groups is 1. The minimum atomic E-state index is -3.70. The van der Waals surface area contributed by atoms with E-state index in [2.05, 4.69) is 15.9 Å². The Labute approximate surface area is 131 Å². The van der Waals surface area contributed by atoms with Crippen LogP contribution >= 0.6 is 27.5 Å². The maximum Gasteiger partial charge on any atom is 0.244 e. The van der Waals surface area contributed by atoms with Gasteiger partial charge in [0.15, 0.2) is 0 Å². The number of amides is 1. The quantitative estimate of drug-likeness (QED) is 0.869. The van der Waals surface area contributed by atoms with Gasteiger partial charge in [0.05, 0.1) is 10.9 Å². The molecule has 1 amide bonds. The van der Waals surface area contributed by atoms with Gasteiger partial charge in [0.2, 0.25) is 15.9 Å². The van der Waals surface area contributed by atoms with Crippen molar-refractivity contribution >= 4 is 43.5 Å². The third-order valence-electron chi connectivity index (χ3n) is 3.30. The van der Waals surface area contributed by atoms with E-state index in [1.54, 1.807) is 6.07 Å². The molecule has 1 aromatic rings. The molecule has 20 heavy (non-hydrogen) atoms. The molecular formula is C12H14BrClN2O3S. The van der Waals surface area contributed by atoms with Crippen molar-refractivity contribution in [2.45, 2.75) is 17.7 Å². The topological polar surface area (TPSA) is 80.5 Å². The summed E-state index contributed by atoms with van der Waals surface area (Å²) in [5.74, 6) is -0.903. The lowest BCUT2D eigenvalue weighted by molar-refractivity contribution is -0.122. The Balaban J connectivity index is 2.32. The predicted octanol–water partition coefficient (Wildman–Crippen LogP) is 1.99. The zero-order chi connectivity index (χ0) is 14.9. The van der Waals surface area contributed by atoms with E-state index in [4.69, 9.17) is 17.3 Å². The average molecular weight is 382 g/mol. The van der Waals surface area contributed by atoms with E-state index in [0.717, 1.165) is 0 Å². The second kappa shape index (κ2) is 6.01. The first-order chi connectivity index (χ1) is 9.32. The molecular weight excluding hydrogens is 368 g/mol. The maximum absolute atomic E-state index is 12.6. The molecule has 2 rings (SSSR count). The number of carbonyl (C=O) groups excluding carboxylic acids is 1. The lowest BCUT2D eigenvalue weighted by Crippen LogP contribution is -2.44. The van der Waals surface area contributed by atoms with Crippen LogP contribution in [-0.4, -0.2) is 31.7 Å². The molecule has 1 aromatic carbocycles. The summed E-state index contributed by atoms with van der Waals surface area (Å²) in [6.45, 7) is 0.489. The molecule has 1 aliphatic heterocycles. The van der Waals surface area contributed by atoms with Crippen LogP contribution in [0.4, 0.5) is 0 Å². The van der Waals surface area contributed by atoms with E-state index in [9.17, 15) is 13.2 Å². The second-order valence-corrected chi connectivity index (χ2v) is 7.91. The molecule has 0 aromatic heterocycles. The van der Waals surface area contributed by atoms with Crippen molar-refractivity contribution in [3.63, 3.8) is 0 Å². The smallest absolute Gasteiger partial charge is 0.244 e. The molecule has 1 atom stereocenters. The zero-order valence-electron chi connectivity index (χ0n) is 10.6. The van der Waals surface area contributed by atoms with E-state index in [-0.39, 0.29) is 16.5 Å². The lowest BCUT2D eigenvalue weighted by Gasteiger charge is -2.30. The molecule has 1 unspecified atom stereocenters. The van der Waals surface area contributed by atoms with Gasteiger partial charge in [0.1, 0.15) is 4.90 Å². The number of benzene rings is 1. The van der Waals surface area contributed by atoms with Crippen molar-refractivity contribution in [1.29, 1.82) is 0 Å². The largest absolute Gasteiger partial charge is 0.369 e. The lowest BCUT2D eigenvalue weighted by atomic mass is 9.99. The van der Waals surface area contributed by atoms with Gasteiger partial charge in [-0.15, -0.1) is 0 Å². The maximum atomic E-state index is 12.6. The van der Waals surface area contributed by atoms with Crippen LogP contribution in [0.25, 0.3) is 0 Å². The van der Waals surface area contributed by atoms with Crippen LogP contribution in [0.2, 0.25) is 5.02 Å². The summed E-state index contributed by atoms with van der Waals surface area (Å²) in [5.41, 5.74) is 5.27. The van der Waals surface area contributed by atoms with Crippen molar-refractivity contribution in [1.82, 2.24) is 4.31 Å². The van der Waals surface area contributed by atoms with Gasteiger partial charge in [0.25, 0.3) is 0 Å². The number of halogens is 2. The van der Waals surface area contributed by atoms with Gasteiger partial charge >= 0.3 is 0 Å². The predicted molar refractivity (Wildman–Crippen MR) is 79.8 cm³/mol.